The maximum Gasteiger partial charge on any atom is 0.327 e. The van der Waals surface area contributed by atoms with Gasteiger partial charge in [0.25, 0.3) is 0 Å². The van der Waals surface area contributed by atoms with Crippen LogP contribution in [0.5, 0.6) is 0 Å². The summed E-state index contributed by atoms with van der Waals surface area (Å²) in [5.74, 6) is -0.467. The number of aromatic amines is 1. The zero-order valence-electron chi connectivity index (χ0n) is 19.9. The summed E-state index contributed by atoms with van der Waals surface area (Å²) in [6, 6.07) is 10.1. The van der Waals surface area contributed by atoms with Gasteiger partial charge >= 0.3 is 8.60 Å². The number of pyridine rings is 1. The maximum atomic E-state index is 13.5. The van der Waals surface area contributed by atoms with Crippen molar-refractivity contribution in [2.75, 3.05) is 0 Å². The molecule has 0 bridgehead atoms. The zero-order chi connectivity index (χ0) is 26.4. The highest BCUT2D eigenvalue weighted by molar-refractivity contribution is 7.99. The number of halogens is 1. The Morgan fingerprint density at radius 3 is 2.51 bits per heavy atom. The van der Waals surface area contributed by atoms with E-state index in [9.17, 15) is 14.9 Å². The number of nitrogens with zero attached hydrogens (tertiary/aromatic N) is 5. The highest BCUT2D eigenvalue weighted by Gasteiger charge is 2.17. The lowest BCUT2D eigenvalue weighted by molar-refractivity contribution is 0.133. The zero-order valence-corrected chi connectivity index (χ0v) is 21.6. The van der Waals surface area contributed by atoms with E-state index in [2.05, 4.69) is 21.4 Å². The molecule has 0 radical (unpaired) electrons. The minimum atomic E-state index is -2.12. The number of nitrogens with one attached hydrogen (secondary N) is 1. The molecule has 1 aliphatic rings. The summed E-state index contributed by atoms with van der Waals surface area (Å²) in [5, 5.41) is 30.0. The minimum absolute atomic E-state index is 0.106. The van der Waals surface area contributed by atoms with Gasteiger partial charge in [-0.3, -0.25) is 5.10 Å². The second-order valence-electron chi connectivity index (χ2n) is 8.44. The fourth-order valence-electron chi connectivity index (χ4n) is 4.13. The monoisotopic (exact) mass is 538 g/mol. The van der Waals surface area contributed by atoms with Gasteiger partial charge in [0.2, 0.25) is 0 Å². The molecule has 37 heavy (non-hydrogen) atoms. The smallest absolute Gasteiger partial charge is 0.327 e. The molecule has 0 amide bonds. The van der Waals surface area contributed by atoms with Gasteiger partial charge in [0.15, 0.2) is 0 Å². The molecule has 9 nitrogen and oxygen atoms in total. The first-order valence-corrected chi connectivity index (χ1v) is 13.5. The van der Waals surface area contributed by atoms with Crippen molar-refractivity contribution in [2.24, 2.45) is 0 Å². The number of rotatable bonds is 5. The van der Waals surface area contributed by atoms with Gasteiger partial charge in [-0.05, 0) is 44.0 Å². The average Bonchev–Trinajstić information content (AvgIpc) is 3.51. The van der Waals surface area contributed by atoms with Gasteiger partial charge in [-0.2, -0.15) is 20.7 Å². The van der Waals surface area contributed by atoms with Crippen LogP contribution >= 0.6 is 20.4 Å². The Labute approximate surface area is 218 Å². The molecule has 1 aliphatic carbocycles. The van der Waals surface area contributed by atoms with Crippen LogP contribution < -0.4 is 0 Å². The predicted molar refractivity (Wildman–Crippen MR) is 137 cm³/mol. The van der Waals surface area contributed by atoms with Gasteiger partial charge in [0, 0.05) is 32.8 Å². The third-order valence-corrected chi connectivity index (χ3v) is 7.51. The topological polar surface area (TPSA) is 143 Å². The Morgan fingerprint density at radius 2 is 1.86 bits per heavy atom. The Kier molecular flexibility index (Phi) is 8.88. The maximum absolute atomic E-state index is 13.5. The van der Waals surface area contributed by atoms with E-state index in [4.69, 9.17) is 14.3 Å². The van der Waals surface area contributed by atoms with Crippen molar-refractivity contribution in [3.63, 3.8) is 0 Å². The van der Waals surface area contributed by atoms with Crippen LogP contribution in [0.2, 0.25) is 0 Å². The summed E-state index contributed by atoms with van der Waals surface area (Å²) in [6.45, 7) is 1.91. The van der Waals surface area contributed by atoms with Crippen LogP contribution in [0.4, 0.5) is 4.39 Å². The molecule has 4 aromatic rings. The SMILES string of the molecule is Cc1[nH]ncc1-c1cc(Sc2ccc(F)cc2C#N)c2c(C#N)cnn2c1.OP(O)OC1CCCCC1. The molecule has 12 heteroatoms. The predicted octanol–water partition coefficient (Wildman–Crippen LogP) is 5.61. The van der Waals surface area contributed by atoms with E-state index < -0.39 is 14.4 Å². The van der Waals surface area contributed by atoms with Crippen molar-refractivity contribution in [1.29, 1.82) is 10.5 Å². The fourth-order valence-corrected chi connectivity index (χ4v) is 5.68. The van der Waals surface area contributed by atoms with Crippen LogP contribution in [0.15, 0.2) is 52.6 Å². The lowest BCUT2D eigenvalue weighted by atomic mass is 9.98. The van der Waals surface area contributed by atoms with Gasteiger partial charge in [-0.15, -0.1) is 0 Å². The van der Waals surface area contributed by atoms with Crippen LogP contribution in [0, 0.1) is 35.4 Å². The van der Waals surface area contributed by atoms with E-state index in [0.717, 1.165) is 47.4 Å². The van der Waals surface area contributed by atoms with Gasteiger partial charge in [0.05, 0.1) is 35.1 Å². The first kappa shape index (κ1) is 26.7. The fraction of sp³-hybridized carbons (Fsp3) is 0.280. The molecule has 0 atom stereocenters. The highest BCUT2D eigenvalue weighted by atomic mass is 32.2. The molecule has 3 heterocycles. The van der Waals surface area contributed by atoms with Crippen LogP contribution in [-0.2, 0) is 4.52 Å². The molecular formula is C25H24FN6O3PS. The Balaban J connectivity index is 0.000000270. The number of H-pyrrole nitrogens is 1. The largest absolute Gasteiger partial charge is 0.328 e. The number of benzene rings is 1. The van der Waals surface area contributed by atoms with Crippen molar-refractivity contribution in [2.45, 2.75) is 54.9 Å². The third kappa shape index (κ3) is 6.53. The highest BCUT2D eigenvalue weighted by Crippen LogP contribution is 2.37. The first-order chi connectivity index (χ1) is 17.9. The van der Waals surface area contributed by atoms with Gasteiger partial charge in [-0.25, -0.2) is 8.91 Å². The Hall–Kier alpha value is -3.31. The molecule has 1 fully saturated rings. The molecule has 1 aromatic carbocycles. The number of nitriles is 2. The Morgan fingerprint density at radius 1 is 1.11 bits per heavy atom. The summed E-state index contributed by atoms with van der Waals surface area (Å²) in [5.41, 5.74) is 3.98. The van der Waals surface area contributed by atoms with E-state index in [1.807, 2.05) is 25.3 Å². The first-order valence-electron chi connectivity index (χ1n) is 11.5. The second-order valence-corrected chi connectivity index (χ2v) is 10.2. The molecule has 0 spiro atoms. The van der Waals surface area contributed by atoms with Crippen molar-refractivity contribution in [1.82, 2.24) is 19.8 Å². The van der Waals surface area contributed by atoms with Crippen molar-refractivity contribution < 1.29 is 18.7 Å². The lowest BCUT2D eigenvalue weighted by Crippen LogP contribution is -2.13. The third-order valence-electron chi connectivity index (χ3n) is 5.92. The lowest BCUT2D eigenvalue weighted by Gasteiger charge is -2.21. The van der Waals surface area contributed by atoms with E-state index in [0.29, 0.717) is 16.0 Å². The number of aromatic nitrogens is 4. The molecule has 190 valence electrons. The molecule has 0 unspecified atom stereocenters. The summed E-state index contributed by atoms with van der Waals surface area (Å²) < 4.78 is 20.0. The van der Waals surface area contributed by atoms with E-state index >= 15 is 0 Å². The van der Waals surface area contributed by atoms with Crippen molar-refractivity contribution >= 4 is 25.9 Å². The molecule has 3 N–H and O–H groups in total. The second kappa shape index (κ2) is 12.3. The molecule has 0 saturated heterocycles. The summed E-state index contributed by atoms with van der Waals surface area (Å²) in [7, 11) is -2.12. The van der Waals surface area contributed by atoms with E-state index in [1.54, 1.807) is 16.8 Å². The number of fused-ring (bicyclic) bond motifs is 1. The van der Waals surface area contributed by atoms with Gasteiger partial charge in [0.1, 0.15) is 18.0 Å². The summed E-state index contributed by atoms with van der Waals surface area (Å²) in [6.07, 6.45) is 10.7. The average molecular weight is 539 g/mol. The number of hydrogen-bond donors (Lipinski definition) is 3. The van der Waals surface area contributed by atoms with Crippen LogP contribution in [0.1, 0.15) is 48.9 Å². The van der Waals surface area contributed by atoms with Crippen molar-refractivity contribution in [3.8, 4) is 23.3 Å². The van der Waals surface area contributed by atoms with Crippen molar-refractivity contribution in [3.05, 3.63) is 65.5 Å². The summed E-state index contributed by atoms with van der Waals surface area (Å²) >= 11 is 1.30. The standard InChI is InChI=1S/C19H11FN6S.C6H13O3P/c1-11-16(9-23-25-11)13-5-18(19-14(7-22)8-24-26(19)10-13)27-17-3-2-15(20)4-12(17)6-21;7-10(8)9-6-4-2-1-3-5-6/h2-5,8-10H,1H3,(H,23,25);6-8H,1-5H2. The van der Waals surface area contributed by atoms with E-state index in [1.165, 1.54) is 36.5 Å². The van der Waals surface area contributed by atoms with Crippen LogP contribution in [-0.4, -0.2) is 35.7 Å². The van der Waals surface area contributed by atoms with Crippen LogP contribution in [0.3, 0.4) is 0 Å². The molecule has 5 rings (SSSR count). The minimum Gasteiger partial charge on any atom is -0.328 e. The number of aryl methyl sites for hydroxylation is 1. The molecule has 0 aliphatic heterocycles. The van der Waals surface area contributed by atoms with Crippen LogP contribution in [0.25, 0.3) is 16.6 Å². The Bertz CT molecular complexity index is 1470. The van der Waals surface area contributed by atoms with Gasteiger partial charge < -0.3 is 14.3 Å². The molecular weight excluding hydrogens is 514 g/mol. The molecule has 3 aromatic heterocycles. The van der Waals surface area contributed by atoms with Gasteiger partial charge in [-0.1, -0.05) is 31.0 Å². The normalized spacial score (nSPS) is 13.7. The number of hydrogen-bond acceptors (Lipinski definition) is 8. The molecule has 1 saturated carbocycles. The van der Waals surface area contributed by atoms with E-state index in [-0.39, 0.29) is 11.7 Å². The summed E-state index contributed by atoms with van der Waals surface area (Å²) in [4.78, 5) is 18.4. The quantitative estimate of drug-likeness (QED) is 0.278.